The van der Waals surface area contributed by atoms with Crippen LogP contribution in [0.15, 0.2) is 18.2 Å². The molecule has 1 saturated carbocycles. The molecule has 110 valence electrons. The van der Waals surface area contributed by atoms with Gasteiger partial charge in [0.15, 0.2) is 5.78 Å². The van der Waals surface area contributed by atoms with Gasteiger partial charge in [-0.1, -0.05) is 50.2 Å². The van der Waals surface area contributed by atoms with Gasteiger partial charge in [-0.2, -0.15) is 0 Å². The molecule has 1 fully saturated rings. The molecule has 1 aliphatic rings. The predicted molar refractivity (Wildman–Crippen MR) is 82.5 cm³/mol. The van der Waals surface area contributed by atoms with Gasteiger partial charge in [-0.3, -0.25) is 4.79 Å². The molecule has 1 aromatic rings. The van der Waals surface area contributed by atoms with Crippen LogP contribution in [-0.4, -0.2) is 12.4 Å². The molecule has 20 heavy (non-hydrogen) atoms. The van der Waals surface area contributed by atoms with Crippen LogP contribution >= 0.6 is 0 Å². The van der Waals surface area contributed by atoms with E-state index in [0.717, 1.165) is 16.9 Å². The highest BCUT2D eigenvalue weighted by molar-refractivity contribution is 5.99. The van der Waals surface area contributed by atoms with Gasteiger partial charge in [0.2, 0.25) is 0 Å². The molecule has 0 atom stereocenters. The van der Waals surface area contributed by atoms with Crippen molar-refractivity contribution in [1.82, 2.24) is 0 Å². The molecule has 1 aliphatic carbocycles. The molecule has 1 aromatic carbocycles. The normalized spacial score (nSPS) is 16.7. The third-order valence-corrected chi connectivity index (χ3v) is 4.18. The standard InChI is InChI=1S/C18H26O2/c1-3-20-18-11-10-14(2)12-16(18)17(19)13-15-8-6-4-5-7-9-15/h10-12,15H,3-9,13H2,1-2H3. The van der Waals surface area contributed by atoms with Gasteiger partial charge >= 0.3 is 0 Å². The smallest absolute Gasteiger partial charge is 0.166 e. The second-order valence-electron chi connectivity index (χ2n) is 5.92. The van der Waals surface area contributed by atoms with Gasteiger partial charge in [0.25, 0.3) is 0 Å². The third-order valence-electron chi connectivity index (χ3n) is 4.18. The summed E-state index contributed by atoms with van der Waals surface area (Å²) in [5.41, 5.74) is 1.90. The molecule has 0 radical (unpaired) electrons. The number of ketones is 1. The number of aryl methyl sites for hydroxylation is 1. The van der Waals surface area contributed by atoms with Crippen molar-refractivity contribution in [3.63, 3.8) is 0 Å². The van der Waals surface area contributed by atoms with Gasteiger partial charge < -0.3 is 4.74 Å². The van der Waals surface area contributed by atoms with Crippen LogP contribution in [0.4, 0.5) is 0 Å². The summed E-state index contributed by atoms with van der Waals surface area (Å²) in [5.74, 6) is 1.57. The van der Waals surface area contributed by atoms with E-state index in [2.05, 4.69) is 0 Å². The Balaban J connectivity index is 2.09. The van der Waals surface area contributed by atoms with Crippen LogP contribution in [0.5, 0.6) is 5.75 Å². The zero-order chi connectivity index (χ0) is 14.4. The fourth-order valence-corrected chi connectivity index (χ4v) is 3.08. The Kier molecular flexibility index (Phi) is 5.63. The number of hydrogen-bond acceptors (Lipinski definition) is 2. The second-order valence-corrected chi connectivity index (χ2v) is 5.92. The first-order valence-electron chi connectivity index (χ1n) is 7.97. The lowest BCUT2D eigenvalue weighted by Gasteiger charge is -2.15. The van der Waals surface area contributed by atoms with Crippen LogP contribution in [0.25, 0.3) is 0 Å². The first kappa shape index (κ1) is 15.1. The largest absolute Gasteiger partial charge is 0.493 e. The van der Waals surface area contributed by atoms with Crippen molar-refractivity contribution in [3.05, 3.63) is 29.3 Å². The van der Waals surface area contributed by atoms with E-state index >= 15 is 0 Å². The number of Topliss-reactive ketones (excluding diaryl/α,β-unsaturated/α-hetero) is 1. The summed E-state index contributed by atoms with van der Waals surface area (Å²) in [6, 6.07) is 5.91. The van der Waals surface area contributed by atoms with Crippen LogP contribution in [0.3, 0.4) is 0 Å². The van der Waals surface area contributed by atoms with Gasteiger partial charge in [0.05, 0.1) is 12.2 Å². The van der Waals surface area contributed by atoms with E-state index in [-0.39, 0.29) is 5.78 Å². The zero-order valence-corrected chi connectivity index (χ0v) is 12.8. The molecule has 2 heteroatoms. The number of rotatable bonds is 5. The quantitative estimate of drug-likeness (QED) is 0.561. The molecule has 0 aliphatic heterocycles. The Hall–Kier alpha value is -1.31. The highest BCUT2D eigenvalue weighted by Crippen LogP contribution is 2.29. The van der Waals surface area contributed by atoms with E-state index in [1.807, 2.05) is 32.0 Å². The lowest BCUT2D eigenvalue weighted by Crippen LogP contribution is -2.10. The lowest BCUT2D eigenvalue weighted by molar-refractivity contribution is 0.0953. The van der Waals surface area contributed by atoms with Crippen LogP contribution in [-0.2, 0) is 0 Å². The maximum atomic E-state index is 12.6. The first-order chi connectivity index (χ1) is 9.70. The van der Waals surface area contributed by atoms with Crippen molar-refractivity contribution in [2.75, 3.05) is 6.61 Å². The van der Waals surface area contributed by atoms with Crippen LogP contribution in [0.2, 0.25) is 0 Å². The van der Waals surface area contributed by atoms with Crippen LogP contribution in [0.1, 0.15) is 67.8 Å². The molecule has 0 amide bonds. The Morgan fingerprint density at radius 3 is 2.55 bits per heavy atom. The Bertz CT molecular complexity index is 443. The Morgan fingerprint density at radius 1 is 1.20 bits per heavy atom. The van der Waals surface area contributed by atoms with E-state index in [1.165, 1.54) is 38.5 Å². The highest BCUT2D eigenvalue weighted by atomic mass is 16.5. The van der Waals surface area contributed by atoms with Gasteiger partial charge in [-0.15, -0.1) is 0 Å². The van der Waals surface area contributed by atoms with Crippen LogP contribution < -0.4 is 4.74 Å². The summed E-state index contributed by atoms with van der Waals surface area (Å²) in [6.45, 7) is 4.59. The average Bonchev–Trinajstić information content (AvgIpc) is 2.69. The minimum atomic E-state index is 0.254. The van der Waals surface area contributed by atoms with E-state index in [0.29, 0.717) is 18.9 Å². The maximum absolute atomic E-state index is 12.6. The van der Waals surface area contributed by atoms with Crippen molar-refractivity contribution < 1.29 is 9.53 Å². The zero-order valence-electron chi connectivity index (χ0n) is 12.8. The summed E-state index contributed by atoms with van der Waals surface area (Å²) < 4.78 is 5.61. The molecular formula is C18H26O2. The summed E-state index contributed by atoms with van der Waals surface area (Å²) >= 11 is 0. The molecule has 0 heterocycles. The predicted octanol–water partition coefficient (Wildman–Crippen LogP) is 4.94. The number of ether oxygens (including phenoxy) is 1. The van der Waals surface area contributed by atoms with Gasteiger partial charge in [-0.05, 0) is 31.9 Å². The van der Waals surface area contributed by atoms with Gasteiger partial charge in [0.1, 0.15) is 5.75 Å². The number of carbonyl (C=O) groups excluding carboxylic acids is 1. The summed E-state index contributed by atoms with van der Waals surface area (Å²) in [4.78, 5) is 12.6. The number of hydrogen-bond donors (Lipinski definition) is 0. The van der Waals surface area contributed by atoms with Crippen molar-refractivity contribution in [3.8, 4) is 5.75 Å². The molecule has 0 spiro atoms. The fraction of sp³-hybridized carbons (Fsp3) is 0.611. The molecule has 0 unspecified atom stereocenters. The average molecular weight is 274 g/mol. The monoisotopic (exact) mass is 274 g/mol. The van der Waals surface area contributed by atoms with Crippen LogP contribution in [0, 0.1) is 12.8 Å². The molecule has 2 nitrogen and oxygen atoms in total. The van der Waals surface area contributed by atoms with Gasteiger partial charge in [0, 0.05) is 6.42 Å². The summed E-state index contributed by atoms with van der Waals surface area (Å²) in [6.07, 6.45) is 8.33. The molecule has 0 N–H and O–H groups in total. The van der Waals surface area contributed by atoms with Crippen molar-refractivity contribution in [2.45, 2.75) is 58.8 Å². The molecule has 0 bridgehead atoms. The second kappa shape index (κ2) is 7.47. The molecule has 0 saturated heterocycles. The van der Waals surface area contributed by atoms with Crippen molar-refractivity contribution in [2.24, 2.45) is 5.92 Å². The Morgan fingerprint density at radius 2 is 1.90 bits per heavy atom. The van der Waals surface area contributed by atoms with E-state index < -0.39 is 0 Å². The molecular weight excluding hydrogens is 248 g/mol. The third kappa shape index (κ3) is 4.09. The maximum Gasteiger partial charge on any atom is 0.166 e. The number of carbonyl (C=O) groups is 1. The highest BCUT2D eigenvalue weighted by Gasteiger charge is 2.19. The van der Waals surface area contributed by atoms with Gasteiger partial charge in [-0.25, -0.2) is 0 Å². The van der Waals surface area contributed by atoms with E-state index in [1.54, 1.807) is 0 Å². The van der Waals surface area contributed by atoms with Crippen molar-refractivity contribution >= 4 is 5.78 Å². The summed E-state index contributed by atoms with van der Waals surface area (Å²) in [5, 5.41) is 0. The number of benzene rings is 1. The molecule has 2 rings (SSSR count). The first-order valence-corrected chi connectivity index (χ1v) is 7.97. The lowest BCUT2D eigenvalue weighted by atomic mass is 9.91. The minimum absolute atomic E-state index is 0.254. The summed E-state index contributed by atoms with van der Waals surface area (Å²) in [7, 11) is 0. The Labute approximate surface area is 122 Å². The minimum Gasteiger partial charge on any atom is -0.493 e. The van der Waals surface area contributed by atoms with Crippen molar-refractivity contribution in [1.29, 1.82) is 0 Å². The van der Waals surface area contributed by atoms with E-state index in [4.69, 9.17) is 4.74 Å². The molecule has 0 aromatic heterocycles. The fourth-order valence-electron chi connectivity index (χ4n) is 3.08. The topological polar surface area (TPSA) is 26.3 Å². The van der Waals surface area contributed by atoms with E-state index in [9.17, 15) is 4.79 Å². The SMILES string of the molecule is CCOc1ccc(C)cc1C(=O)CC1CCCCCC1.